The van der Waals surface area contributed by atoms with Gasteiger partial charge in [0, 0.05) is 23.5 Å². The molecule has 0 saturated heterocycles. The quantitative estimate of drug-likeness (QED) is 0.292. The first kappa shape index (κ1) is 22.2. The maximum absolute atomic E-state index is 12.3. The molecule has 5 aromatic rings. The minimum atomic E-state index is -0.292. The Morgan fingerprint density at radius 1 is 0.771 bits per heavy atom. The maximum Gasteiger partial charge on any atom is 0.323 e. The Labute approximate surface area is 204 Å². The third-order valence-electron chi connectivity index (χ3n) is 5.84. The lowest BCUT2D eigenvalue weighted by molar-refractivity contribution is 0.262. The number of aryl methyl sites for hydroxylation is 2. The number of carbonyl (C=O) groups excluding carboxylic acids is 1. The van der Waals surface area contributed by atoms with Crippen LogP contribution in [0.1, 0.15) is 11.4 Å². The van der Waals surface area contributed by atoms with Crippen molar-refractivity contribution < 1.29 is 9.53 Å². The molecule has 0 atom stereocenters. The first-order chi connectivity index (χ1) is 17.2. The fourth-order valence-electron chi connectivity index (χ4n) is 4.09. The van der Waals surface area contributed by atoms with Crippen LogP contribution in [0.5, 0.6) is 5.75 Å². The molecule has 0 spiro atoms. The van der Waals surface area contributed by atoms with Gasteiger partial charge in [0.25, 0.3) is 0 Å². The van der Waals surface area contributed by atoms with Crippen LogP contribution in [0.15, 0.2) is 103 Å². The number of hydrogen-bond acceptors (Lipinski definition) is 3. The molecule has 6 heteroatoms. The predicted octanol–water partition coefficient (Wildman–Crippen LogP) is 6.46. The molecular formula is C29H26N4O2. The van der Waals surface area contributed by atoms with Crippen LogP contribution in [-0.2, 0) is 12.8 Å². The highest BCUT2D eigenvalue weighted by molar-refractivity contribution is 5.99. The number of hydrogen-bond donors (Lipinski definition) is 2. The molecule has 2 N–H and O–H groups in total. The average Bonchev–Trinajstić information content (AvgIpc) is 3.27. The number of rotatable bonds is 7. The van der Waals surface area contributed by atoms with Gasteiger partial charge >= 0.3 is 6.03 Å². The Kier molecular flexibility index (Phi) is 6.44. The number of methoxy groups -OCH3 is 1. The first-order valence-corrected chi connectivity index (χ1v) is 11.5. The van der Waals surface area contributed by atoms with Crippen molar-refractivity contribution in [3.63, 3.8) is 0 Å². The zero-order valence-corrected chi connectivity index (χ0v) is 19.4. The number of nitrogens with zero attached hydrogens (tertiary/aromatic N) is 2. The van der Waals surface area contributed by atoms with E-state index in [0.29, 0.717) is 5.69 Å². The minimum Gasteiger partial charge on any atom is -0.497 e. The van der Waals surface area contributed by atoms with Crippen LogP contribution in [0.2, 0.25) is 0 Å². The highest BCUT2D eigenvalue weighted by atomic mass is 16.5. The van der Waals surface area contributed by atoms with E-state index in [0.717, 1.165) is 46.8 Å². The molecule has 2 amide bonds. The third kappa shape index (κ3) is 5.17. The van der Waals surface area contributed by atoms with Crippen molar-refractivity contribution in [2.75, 3.05) is 17.7 Å². The Bertz CT molecular complexity index is 1430. The van der Waals surface area contributed by atoms with Gasteiger partial charge in [-0.15, -0.1) is 0 Å². The Hall–Kier alpha value is -4.58. The van der Waals surface area contributed by atoms with Gasteiger partial charge in [-0.1, -0.05) is 42.5 Å². The van der Waals surface area contributed by atoms with Crippen molar-refractivity contribution in [1.82, 2.24) is 9.55 Å². The van der Waals surface area contributed by atoms with E-state index in [1.54, 1.807) is 31.4 Å². The number of para-hydroxylation sites is 3. The van der Waals surface area contributed by atoms with Gasteiger partial charge in [0.2, 0.25) is 0 Å². The van der Waals surface area contributed by atoms with E-state index < -0.39 is 0 Å². The molecule has 35 heavy (non-hydrogen) atoms. The Morgan fingerprint density at radius 2 is 1.40 bits per heavy atom. The second kappa shape index (κ2) is 10.1. The van der Waals surface area contributed by atoms with E-state index in [9.17, 15) is 4.79 Å². The third-order valence-corrected chi connectivity index (χ3v) is 5.84. The van der Waals surface area contributed by atoms with Gasteiger partial charge in [-0.2, -0.15) is 0 Å². The van der Waals surface area contributed by atoms with Crippen molar-refractivity contribution in [3.05, 3.63) is 115 Å². The second-order valence-corrected chi connectivity index (χ2v) is 8.19. The molecule has 0 aliphatic heterocycles. The van der Waals surface area contributed by atoms with Crippen LogP contribution >= 0.6 is 0 Å². The number of carbonyl (C=O) groups is 1. The summed E-state index contributed by atoms with van der Waals surface area (Å²) in [5.74, 6) is 1.77. The fraction of sp³-hybridized carbons (Fsp3) is 0.103. The topological polar surface area (TPSA) is 68.2 Å². The number of amides is 2. The molecule has 1 aromatic heterocycles. The lowest BCUT2D eigenvalue weighted by atomic mass is 10.1. The average molecular weight is 463 g/mol. The van der Waals surface area contributed by atoms with E-state index in [-0.39, 0.29) is 6.03 Å². The molecule has 6 nitrogen and oxygen atoms in total. The van der Waals surface area contributed by atoms with Crippen LogP contribution < -0.4 is 15.4 Å². The monoisotopic (exact) mass is 462 g/mol. The molecule has 0 aliphatic carbocycles. The molecule has 5 rings (SSSR count). The lowest BCUT2D eigenvalue weighted by Gasteiger charge is -2.10. The SMILES string of the molecule is COc1ccc(NC(=O)Nc2ccc(CCc3nc4ccccc4n3-c3ccccc3)cc2)cc1. The highest BCUT2D eigenvalue weighted by Gasteiger charge is 2.12. The normalized spacial score (nSPS) is 10.8. The highest BCUT2D eigenvalue weighted by Crippen LogP contribution is 2.23. The zero-order valence-electron chi connectivity index (χ0n) is 19.4. The van der Waals surface area contributed by atoms with Crippen molar-refractivity contribution >= 4 is 28.4 Å². The number of fused-ring (bicyclic) bond motifs is 1. The lowest BCUT2D eigenvalue weighted by Crippen LogP contribution is -2.19. The Balaban J connectivity index is 1.25. The van der Waals surface area contributed by atoms with Crippen LogP contribution in [0, 0.1) is 0 Å². The van der Waals surface area contributed by atoms with Gasteiger partial charge in [-0.05, 0) is 72.6 Å². The number of nitrogens with one attached hydrogen (secondary N) is 2. The molecule has 1 heterocycles. The standard InChI is InChI=1S/C29H26N4O2/c1-35-25-18-16-23(17-19-25)31-29(34)30-22-14-11-21(12-15-22)13-20-28-32-26-9-5-6-10-27(26)33(28)24-7-3-2-4-8-24/h2-12,14-19H,13,20H2,1H3,(H2,30,31,34). The molecule has 174 valence electrons. The summed E-state index contributed by atoms with van der Waals surface area (Å²) in [5.41, 5.74) is 5.82. The molecule has 0 fully saturated rings. The number of benzene rings is 4. The molecule has 0 bridgehead atoms. The first-order valence-electron chi connectivity index (χ1n) is 11.5. The van der Waals surface area contributed by atoms with E-state index in [2.05, 4.69) is 39.5 Å². The van der Waals surface area contributed by atoms with Gasteiger partial charge in [-0.3, -0.25) is 4.57 Å². The largest absolute Gasteiger partial charge is 0.497 e. The van der Waals surface area contributed by atoms with Crippen molar-refractivity contribution in [2.45, 2.75) is 12.8 Å². The predicted molar refractivity (Wildman–Crippen MR) is 141 cm³/mol. The number of ether oxygens (including phenoxy) is 1. The van der Waals surface area contributed by atoms with Gasteiger partial charge < -0.3 is 15.4 Å². The molecule has 0 unspecified atom stereocenters. The van der Waals surface area contributed by atoms with Crippen LogP contribution in [0.25, 0.3) is 16.7 Å². The van der Waals surface area contributed by atoms with Crippen LogP contribution in [-0.4, -0.2) is 22.7 Å². The summed E-state index contributed by atoms with van der Waals surface area (Å²) in [6.07, 6.45) is 1.64. The van der Waals surface area contributed by atoms with E-state index >= 15 is 0 Å². The summed E-state index contributed by atoms with van der Waals surface area (Å²) < 4.78 is 7.37. The van der Waals surface area contributed by atoms with Crippen molar-refractivity contribution in [2.24, 2.45) is 0 Å². The number of urea groups is 1. The smallest absolute Gasteiger partial charge is 0.323 e. The number of aromatic nitrogens is 2. The molecule has 0 aliphatic rings. The summed E-state index contributed by atoms with van der Waals surface area (Å²) in [7, 11) is 1.61. The minimum absolute atomic E-state index is 0.292. The summed E-state index contributed by atoms with van der Waals surface area (Å²) in [5, 5.41) is 5.69. The van der Waals surface area contributed by atoms with E-state index in [1.165, 1.54) is 5.56 Å². The molecule has 0 radical (unpaired) electrons. The summed E-state index contributed by atoms with van der Waals surface area (Å²) in [6.45, 7) is 0. The summed E-state index contributed by atoms with van der Waals surface area (Å²) in [6, 6.07) is 33.4. The summed E-state index contributed by atoms with van der Waals surface area (Å²) in [4.78, 5) is 17.2. The van der Waals surface area contributed by atoms with E-state index in [4.69, 9.17) is 9.72 Å². The van der Waals surface area contributed by atoms with Crippen molar-refractivity contribution in [1.29, 1.82) is 0 Å². The maximum atomic E-state index is 12.3. The van der Waals surface area contributed by atoms with Crippen molar-refractivity contribution in [3.8, 4) is 11.4 Å². The fourth-order valence-corrected chi connectivity index (χ4v) is 4.09. The zero-order chi connectivity index (χ0) is 24.0. The van der Waals surface area contributed by atoms with Gasteiger partial charge in [-0.25, -0.2) is 9.78 Å². The number of imidazole rings is 1. The van der Waals surface area contributed by atoms with Crippen LogP contribution in [0.3, 0.4) is 0 Å². The van der Waals surface area contributed by atoms with E-state index in [1.807, 2.05) is 54.6 Å². The second-order valence-electron chi connectivity index (χ2n) is 8.19. The molecule has 0 saturated carbocycles. The Morgan fingerprint density at radius 3 is 2.09 bits per heavy atom. The van der Waals surface area contributed by atoms with Gasteiger partial charge in [0.1, 0.15) is 11.6 Å². The van der Waals surface area contributed by atoms with Gasteiger partial charge in [0.05, 0.1) is 18.1 Å². The molecular weight excluding hydrogens is 436 g/mol. The van der Waals surface area contributed by atoms with Gasteiger partial charge in [0.15, 0.2) is 0 Å². The summed E-state index contributed by atoms with van der Waals surface area (Å²) >= 11 is 0. The number of anilines is 2. The molecule has 4 aromatic carbocycles. The van der Waals surface area contributed by atoms with Crippen LogP contribution in [0.4, 0.5) is 16.2 Å².